The van der Waals surface area contributed by atoms with Crippen molar-refractivity contribution in [2.75, 3.05) is 6.54 Å². The minimum atomic E-state index is -0.377. The molecule has 0 saturated carbocycles. The first-order valence-electron chi connectivity index (χ1n) is 6.11. The van der Waals surface area contributed by atoms with E-state index in [1.54, 1.807) is 24.3 Å². The van der Waals surface area contributed by atoms with E-state index < -0.39 is 0 Å². The van der Waals surface area contributed by atoms with Crippen LogP contribution in [0.2, 0.25) is 0 Å². The van der Waals surface area contributed by atoms with Crippen LogP contribution in [0.4, 0.5) is 0 Å². The van der Waals surface area contributed by atoms with Gasteiger partial charge >= 0.3 is 0 Å². The van der Waals surface area contributed by atoms with Gasteiger partial charge in [-0.2, -0.15) is 10.5 Å². The summed E-state index contributed by atoms with van der Waals surface area (Å²) in [6, 6.07) is 10.7. The normalized spacial score (nSPS) is 10.4. The number of nitrogens with one attached hydrogen (secondary N) is 1. The molecule has 0 unspecified atom stereocenters. The third kappa shape index (κ3) is 4.65. The van der Waals surface area contributed by atoms with Gasteiger partial charge in [-0.3, -0.25) is 4.79 Å². The number of carbonyl (C=O) groups is 1. The molecule has 0 fully saturated rings. The van der Waals surface area contributed by atoms with Crippen LogP contribution in [-0.4, -0.2) is 12.5 Å². The standard InChI is InChI=1S/C15H15N3O/c1-2-3-7-18-15(19)14(11-17)9-12-5-4-6-13(8-12)10-16/h4-6,8-9H,2-3,7H2,1H3,(H,18,19)/b14-9+. The fourth-order valence-electron chi connectivity index (χ4n) is 1.49. The monoisotopic (exact) mass is 253 g/mol. The zero-order chi connectivity index (χ0) is 14.1. The van der Waals surface area contributed by atoms with Gasteiger partial charge < -0.3 is 5.32 Å². The molecule has 1 N–H and O–H groups in total. The SMILES string of the molecule is CCCCNC(=O)/C(C#N)=C/c1cccc(C#N)c1. The molecule has 0 aliphatic carbocycles. The Morgan fingerprint density at radius 2 is 2.21 bits per heavy atom. The summed E-state index contributed by atoms with van der Waals surface area (Å²) >= 11 is 0. The number of unbranched alkanes of at least 4 members (excludes halogenated alkanes) is 1. The summed E-state index contributed by atoms with van der Waals surface area (Å²) in [5, 5.41) is 20.5. The van der Waals surface area contributed by atoms with Crippen molar-refractivity contribution in [3.63, 3.8) is 0 Å². The highest BCUT2D eigenvalue weighted by Crippen LogP contribution is 2.09. The van der Waals surface area contributed by atoms with E-state index in [1.165, 1.54) is 6.08 Å². The van der Waals surface area contributed by atoms with Gasteiger partial charge in [0, 0.05) is 6.54 Å². The predicted molar refractivity (Wildman–Crippen MR) is 72.7 cm³/mol. The molecule has 1 amide bonds. The van der Waals surface area contributed by atoms with Gasteiger partial charge in [-0.25, -0.2) is 0 Å². The second-order valence-electron chi connectivity index (χ2n) is 4.02. The third-order valence-electron chi connectivity index (χ3n) is 2.51. The maximum Gasteiger partial charge on any atom is 0.261 e. The van der Waals surface area contributed by atoms with Crippen LogP contribution in [-0.2, 0) is 4.79 Å². The zero-order valence-corrected chi connectivity index (χ0v) is 10.8. The summed E-state index contributed by atoms with van der Waals surface area (Å²) in [7, 11) is 0. The maximum atomic E-state index is 11.7. The number of hydrogen-bond acceptors (Lipinski definition) is 3. The first-order chi connectivity index (χ1) is 9.21. The molecule has 0 spiro atoms. The first kappa shape index (κ1) is 14.5. The Morgan fingerprint density at radius 1 is 1.42 bits per heavy atom. The van der Waals surface area contributed by atoms with E-state index in [9.17, 15) is 4.79 Å². The molecule has 4 nitrogen and oxygen atoms in total. The van der Waals surface area contributed by atoms with E-state index in [-0.39, 0.29) is 11.5 Å². The van der Waals surface area contributed by atoms with Gasteiger partial charge in [-0.15, -0.1) is 0 Å². The largest absolute Gasteiger partial charge is 0.351 e. The van der Waals surface area contributed by atoms with Crippen LogP contribution in [0.5, 0.6) is 0 Å². The predicted octanol–water partition coefficient (Wildman–Crippen LogP) is 2.38. The molecule has 19 heavy (non-hydrogen) atoms. The molecule has 0 atom stereocenters. The van der Waals surface area contributed by atoms with Crippen molar-refractivity contribution in [1.82, 2.24) is 5.32 Å². The van der Waals surface area contributed by atoms with Gasteiger partial charge in [0.25, 0.3) is 5.91 Å². The van der Waals surface area contributed by atoms with Gasteiger partial charge in [-0.1, -0.05) is 25.5 Å². The van der Waals surface area contributed by atoms with Crippen molar-refractivity contribution in [1.29, 1.82) is 10.5 Å². The fourth-order valence-corrected chi connectivity index (χ4v) is 1.49. The quantitative estimate of drug-likeness (QED) is 0.497. The summed E-state index contributed by atoms with van der Waals surface area (Å²) in [5.74, 6) is -0.377. The molecular weight excluding hydrogens is 238 g/mol. The molecule has 0 aromatic heterocycles. The molecule has 0 radical (unpaired) electrons. The number of rotatable bonds is 5. The van der Waals surface area contributed by atoms with Crippen molar-refractivity contribution in [3.05, 3.63) is 41.0 Å². The summed E-state index contributed by atoms with van der Waals surface area (Å²) in [4.78, 5) is 11.7. The molecule has 1 aromatic carbocycles. The lowest BCUT2D eigenvalue weighted by atomic mass is 10.1. The smallest absolute Gasteiger partial charge is 0.261 e. The van der Waals surface area contributed by atoms with Crippen molar-refractivity contribution in [2.45, 2.75) is 19.8 Å². The lowest BCUT2D eigenvalue weighted by molar-refractivity contribution is -0.117. The van der Waals surface area contributed by atoms with E-state index >= 15 is 0 Å². The average Bonchev–Trinajstić information content (AvgIpc) is 2.45. The maximum absolute atomic E-state index is 11.7. The summed E-state index contributed by atoms with van der Waals surface area (Å²) in [6.07, 6.45) is 3.35. The number of nitriles is 2. The fraction of sp³-hybridized carbons (Fsp3) is 0.267. The minimum absolute atomic E-state index is 0.0474. The highest BCUT2D eigenvalue weighted by Gasteiger charge is 2.07. The van der Waals surface area contributed by atoms with Crippen LogP contribution >= 0.6 is 0 Å². The lowest BCUT2D eigenvalue weighted by Gasteiger charge is -2.02. The zero-order valence-electron chi connectivity index (χ0n) is 10.8. The van der Waals surface area contributed by atoms with Crippen LogP contribution in [0.3, 0.4) is 0 Å². The van der Waals surface area contributed by atoms with Crippen LogP contribution in [0.25, 0.3) is 6.08 Å². The summed E-state index contributed by atoms with van der Waals surface area (Å²) in [5.41, 5.74) is 1.21. The molecule has 96 valence electrons. The number of nitrogens with zero attached hydrogens (tertiary/aromatic N) is 2. The average molecular weight is 253 g/mol. The van der Waals surface area contributed by atoms with Crippen LogP contribution < -0.4 is 5.32 Å². The second-order valence-corrected chi connectivity index (χ2v) is 4.02. The molecule has 1 aromatic rings. The molecule has 0 aliphatic heterocycles. The van der Waals surface area contributed by atoms with Crippen molar-refractivity contribution in [3.8, 4) is 12.1 Å². The number of carbonyl (C=O) groups excluding carboxylic acids is 1. The molecule has 0 aliphatic rings. The molecule has 4 heteroatoms. The van der Waals surface area contributed by atoms with Crippen molar-refractivity contribution >= 4 is 12.0 Å². The van der Waals surface area contributed by atoms with Gasteiger partial charge in [0.15, 0.2) is 0 Å². The topological polar surface area (TPSA) is 76.7 Å². The van der Waals surface area contributed by atoms with Gasteiger partial charge in [0.05, 0.1) is 11.6 Å². The number of amides is 1. The van der Waals surface area contributed by atoms with Gasteiger partial charge in [-0.05, 0) is 30.2 Å². The Bertz CT molecular complexity index is 561. The van der Waals surface area contributed by atoms with E-state index in [4.69, 9.17) is 10.5 Å². The molecule has 1 rings (SSSR count). The van der Waals surface area contributed by atoms with Gasteiger partial charge in [0.2, 0.25) is 0 Å². The van der Waals surface area contributed by atoms with E-state index in [2.05, 4.69) is 5.32 Å². The molecule has 0 bridgehead atoms. The molecule has 0 heterocycles. The van der Waals surface area contributed by atoms with Crippen molar-refractivity contribution in [2.24, 2.45) is 0 Å². The number of benzene rings is 1. The van der Waals surface area contributed by atoms with E-state index in [0.29, 0.717) is 17.7 Å². The Hall–Kier alpha value is -2.59. The van der Waals surface area contributed by atoms with E-state index in [1.807, 2.05) is 19.1 Å². The Labute approximate surface area is 113 Å². The van der Waals surface area contributed by atoms with Crippen LogP contribution in [0.15, 0.2) is 29.8 Å². The Kier molecular flexibility index (Phi) is 5.85. The number of hydrogen-bond donors (Lipinski definition) is 1. The summed E-state index contributed by atoms with van der Waals surface area (Å²) < 4.78 is 0. The summed E-state index contributed by atoms with van der Waals surface area (Å²) in [6.45, 7) is 2.59. The van der Waals surface area contributed by atoms with Gasteiger partial charge in [0.1, 0.15) is 11.6 Å². The first-order valence-corrected chi connectivity index (χ1v) is 6.11. The van der Waals surface area contributed by atoms with Crippen LogP contribution in [0.1, 0.15) is 30.9 Å². The highest BCUT2D eigenvalue weighted by molar-refractivity contribution is 6.01. The molecule has 0 saturated heterocycles. The van der Waals surface area contributed by atoms with Crippen LogP contribution in [0, 0.1) is 22.7 Å². The minimum Gasteiger partial charge on any atom is -0.351 e. The Balaban J connectivity index is 2.84. The lowest BCUT2D eigenvalue weighted by Crippen LogP contribution is -2.25. The highest BCUT2D eigenvalue weighted by atomic mass is 16.1. The van der Waals surface area contributed by atoms with E-state index in [0.717, 1.165) is 12.8 Å². The second kappa shape index (κ2) is 7.68. The van der Waals surface area contributed by atoms with Crippen molar-refractivity contribution < 1.29 is 4.79 Å². The third-order valence-corrected chi connectivity index (χ3v) is 2.51. The Morgan fingerprint density at radius 3 is 2.84 bits per heavy atom. The molecular formula is C15H15N3O.